The van der Waals surface area contributed by atoms with Crippen molar-refractivity contribution in [3.63, 3.8) is 0 Å². The van der Waals surface area contributed by atoms with E-state index in [0.717, 1.165) is 65.7 Å². The van der Waals surface area contributed by atoms with E-state index in [0.29, 0.717) is 13.1 Å². The highest BCUT2D eigenvalue weighted by atomic mass is 16.6. The molecule has 0 saturated carbocycles. The molecule has 0 amide bonds. The molecule has 0 unspecified atom stereocenters. The molecule has 0 radical (unpaired) electrons. The molecule has 0 atom stereocenters. The molecule has 27 heavy (non-hydrogen) atoms. The van der Waals surface area contributed by atoms with E-state index >= 15 is 0 Å². The van der Waals surface area contributed by atoms with E-state index < -0.39 is 4.92 Å². The van der Waals surface area contributed by atoms with Crippen molar-refractivity contribution in [2.75, 3.05) is 89.4 Å². The zero-order valence-electron chi connectivity index (χ0n) is 15.4. The molecule has 0 aromatic carbocycles. The van der Waals surface area contributed by atoms with Crippen LogP contribution in [0.3, 0.4) is 0 Å². The summed E-state index contributed by atoms with van der Waals surface area (Å²) in [6.07, 6.45) is 1.35. The van der Waals surface area contributed by atoms with Crippen molar-refractivity contribution in [1.29, 1.82) is 0 Å². The van der Waals surface area contributed by atoms with Crippen molar-refractivity contribution in [1.82, 2.24) is 19.8 Å². The summed E-state index contributed by atoms with van der Waals surface area (Å²) < 4.78 is 10.6. The monoisotopic (exact) mass is 381 g/mol. The molecule has 2 aliphatic heterocycles. The molecule has 11 heteroatoms. The van der Waals surface area contributed by atoms with Gasteiger partial charge in [0.1, 0.15) is 6.33 Å². The Morgan fingerprint density at radius 2 is 1.37 bits per heavy atom. The van der Waals surface area contributed by atoms with E-state index in [4.69, 9.17) is 9.47 Å². The number of nitrogens with one attached hydrogen (secondary N) is 2. The van der Waals surface area contributed by atoms with Gasteiger partial charge in [-0.1, -0.05) is 0 Å². The van der Waals surface area contributed by atoms with E-state index in [1.54, 1.807) is 0 Å². The summed E-state index contributed by atoms with van der Waals surface area (Å²) in [6, 6.07) is 0. The molecule has 1 aromatic heterocycles. The Morgan fingerprint density at radius 3 is 1.78 bits per heavy atom. The lowest BCUT2D eigenvalue weighted by Gasteiger charge is -2.26. The van der Waals surface area contributed by atoms with Crippen LogP contribution < -0.4 is 10.6 Å². The van der Waals surface area contributed by atoms with Gasteiger partial charge in [0.05, 0.1) is 31.4 Å². The van der Waals surface area contributed by atoms with Crippen LogP contribution in [0.15, 0.2) is 6.33 Å². The largest absolute Gasteiger partial charge is 0.379 e. The minimum Gasteiger partial charge on any atom is -0.379 e. The Kier molecular flexibility index (Phi) is 7.51. The Bertz CT molecular complexity index is 564. The van der Waals surface area contributed by atoms with Crippen molar-refractivity contribution >= 4 is 17.3 Å². The van der Waals surface area contributed by atoms with Crippen molar-refractivity contribution < 1.29 is 14.4 Å². The van der Waals surface area contributed by atoms with Gasteiger partial charge in [0.25, 0.3) is 0 Å². The van der Waals surface area contributed by atoms with Crippen LogP contribution in [0.4, 0.5) is 17.3 Å². The third-order valence-corrected chi connectivity index (χ3v) is 4.65. The van der Waals surface area contributed by atoms with Gasteiger partial charge in [0, 0.05) is 52.4 Å². The van der Waals surface area contributed by atoms with Crippen LogP contribution >= 0.6 is 0 Å². The molecule has 2 aliphatic rings. The van der Waals surface area contributed by atoms with E-state index in [2.05, 4.69) is 30.4 Å². The summed E-state index contributed by atoms with van der Waals surface area (Å²) in [5.74, 6) is 0.495. The maximum atomic E-state index is 11.6. The van der Waals surface area contributed by atoms with E-state index in [1.165, 1.54) is 6.33 Å². The van der Waals surface area contributed by atoms with Gasteiger partial charge < -0.3 is 20.1 Å². The van der Waals surface area contributed by atoms with Crippen LogP contribution in [-0.4, -0.2) is 103 Å². The molecule has 3 rings (SSSR count). The number of anilines is 2. The number of hydrogen-bond acceptors (Lipinski definition) is 10. The first-order valence-corrected chi connectivity index (χ1v) is 9.31. The first kappa shape index (κ1) is 19.7. The lowest BCUT2D eigenvalue weighted by molar-refractivity contribution is -0.383. The maximum Gasteiger partial charge on any atom is 0.353 e. The molecule has 11 nitrogen and oxygen atoms in total. The predicted octanol–water partition coefficient (Wildman–Crippen LogP) is -0.127. The third kappa shape index (κ3) is 5.96. The van der Waals surface area contributed by atoms with Crippen LogP contribution in [0.1, 0.15) is 0 Å². The fraction of sp³-hybridized carbons (Fsp3) is 0.750. The Balaban J connectivity index is 1.53. The predicted molar refractivity (Wildman–Crippen MR) is 100 cm³/mol. The summed E-state index contributed by atoms with van der Waals surface area (Å²) in [5, 5.41) is 17.7. The fourth-order valence-corrected chi connectivity index (χ4v) is 3.12. The SMILES string of the molecule is O=[N+]([O-])c1c(NCCN2CCOCC2)ncnc1NCCN1CCOCC1. The third-order valence-electron chi connectivity index (χ3n) is 4.65. The standard InChI is InChI=1S/C16H27N7O4/c24-23(25)14-15(17-1-3-21-5-9-26-10-6-21)19-13-20-16(14)18-2-4-22-7-11-27-12-8-22/h13H,1-12H2,(H2,17,18,19,20). The quantitative estimate of drug-likeness (QED) is 0.442. The average Bonchev–Trinajstić information content (AvgIpc) is 2.69. The average molecular weight is 381 g/mol. The topological polar surface area (TPSA) is 118 Å². The van der Waals surface area contributed by atoms with Crippen LogP contribution in [0.5, 0.6) is 0 Å². The van der Waals surface area contributed by atoms with Gasteiger partial charge in [0.2, 0.25) is 11.6 Å². The molecule has 150 valence electrons. The smallest absolute Gasteiger partial charge is 0.353 e. The second-order valence-corrected chi connectivity index (χ2v) is 6.44. The van der Waals surface area contributed by atoms with E-state index in [9.17, 15) is 10.1 Å². The number of nitro groups is 1. The van der Waals surface area contributed by atoms with E-state index in [-0.39, 0.29) is 17.3 Å². The van der Waals surface area contributed by atoms with Crippen molar-refractivity contribution in [3.05, 3.63) is 16.4 Å². The second kappa shape index (κ2) is 10.3. The second-order valence-electron chi connectivity index (χ2n) is 6.44. The summed E-state index contributed by atoms with van der Waals surface area (Å²) in [6.45, 7) is 9.13. The summed E-state index contributed by atoms with van der Waals surface area (Å²) in [4.78, 5) is 23.8. The van der Waals surface area contributed by atoms with Gasteiger partial charge in [-0.3, -0.25) is 19.9 Å². The van der Waals surface area contributed by atoms with Crippen LogP contribution in [0.25, 0.3) is 0 Å². The fourth-order valence-electron chi connectivity index (χ4n) is 3.12. The van der Waals surface area contributed by atoms with Crippen LogP contribution in [0.2, 0.25) is 0 Å². The number of nitrogens with zero attached hydrogens (tertiary/aromatic N) is 5. The first-order valence-electron chi connectivity index (χ1n) is 9.31. The Hall–Kier alpha value is -2.08. The van der Waals surface area contributed by atoms with Gasteiger partial charge in [-0.2, -0.15) is 0 Å². The van der Waals surface area contributed by atoms with Crippen molar-refractivity contribution in [3.8, 4) is 0 Å². The molecular weight excluding hydrogens is 354 g/mol. The minimum atomic E-state index is -0.436. The summed E-state index contributed by atoms with van der Waals surface area (Å²) in [7, 11) is 0. The Labute approximate surface area is 158 Å². The molecule has 1 aromatic rings. The first-order chi connectivity index (χ1) is 13.2. The molecule has 0 spiro atoms. The highest BCUT2D eigenvalue weighted by Gasteiger charge is 2.23. The molecule has 0 bridgehead atoms. The normalized spacial score (nSPS) is 19.0. The maximum absolute atomic E-state index is 11.6. The molecule has 0 aliphatic carbocycles. The summed E-state index contributed by atoms with van der Waals surface area (Å²) >= 11 is 0. The number of hydrogen-bond donors (Lipinski definition) is 2. The van der Waals surface area contributed by atoms with Crippen LogP contribution in [-0.2, 0) is 9.47 Å². The molecule has 2 N–H and O–H groups in total. The van der Waals surface area contributed by atoms with Gasteiger partial charge in [0.15, 0.2) is 0 Å². The van der Waals surface area contributed by atoms with Gasteiger partial charge in [-0.05, 0) is 0 Å². The van der Waals surface area contributed by atoms with Crippen molar-refractivity contribution in [2.45, 2.75) is 0 Å². The molecular formula is C16H27N7O4. The summed E-state index contributed by atoms with van der Waals surface area (Å²) in [5.41, 5.74) is -0.110. The lowest BCUT2D eigenvalue weighted by Crippen LogP contribution is -2.39. The van der Waals surface area contributed by atoms with E-state index in [1.807, 2.05) is 0 Å². The highest BCUT2D eigenvalue weighted by Crippen LogP contribution is 2.28. The number of ether oxygens (including phenoxy) is 2. The minimum absolute atomic E-state index is 0.110. The zero-order valence-corrected chi connectivity index (χ0v) is 15.4. The van der Waals surface area contributed by atoms with Gasteiger partial charge >= 0.3 is 5.69 Å². The van der Waals surface area contributed by atoms with Gasteiger partial charge in [-0.25, -0.2) is 9.97 Å². The molecule has 2 fully saturated rings. The molecule has 2 saturated heterocycles. The number of rotatable bonds is 9. The van der Waals surface area contributed by atoms with Crippen molar-refractivity contribution in [2.24, 2.45) is 0 Å². The van der Waals surface area contributed by atoms with Gasteiger partial charge in [-0.15, -0.1) is 0 Å². The molecule has 3 heterocycles. The lowest BCUT2D eigenvalue weighted by atomic mass is 10.3. The Morgan fingerprint density at radius 1 is 0.926 bits per heavy atom. The number of aromatic nitrogens is 2. The number of morpholine rings is 2. The van der Waals surface area contributed by atoms with Crippen LogP contribution in [0, 0.1) is 10.1 Å². The zero-order chi connectivity index (χ0) is 18.9. The highest BCUT2D eigenvalue weighted by molar-refractivity contribution is 5.69.